The standard InChI is InChI=1S/C25H30N2O3/c1-5-19(23(26-15-16-28)18-11-7-6-8-12-18)21-17-27(24(29)30-25(2,3)4)22-14-10-9-13-20(21)22/h5-14,17,19,23,26,28H,1,15-16H2,2-4H3. The van der Waals surface area contributed by atoms with Gasteiger partial charge in [0.2, 0.25) is 0 Å². The lowest BCUT2D eigenvalue weighted by atomic mass is 9.87. The number of ether oxygens (including phenoxy) is 1. The summed E-state index contributed by atoms with van der Waals surface area (Å²) in [6, 6.07) is 17.8. The van der Waals surface area contributed by atoms with Crippen LogP contribution in [0.4, 0.5) is 4.79 Å². The Bertz CT molecular complexity index is 1000. The number of hydrogen-bond donors (Lipinski definition) is 2. The van der Waals surface area contributed by atoms with Crippen LogP contribution in [0.5, 0.6) is 0 Å². The van der Waals surface area contributed by atoms with Crippen LogP contribution in [0.1, 0.15) is 43.9 Å². The Hall–Kier alpha value is -2.89. The summed E-state index contributed by atoms with van der Waals surface area (Å²) in [5.41, 5.74) is 2.27. The molecule has 0 amide bonds. The fourth-order valence-corrected chi connectivity index (χ4v) is 3.71. The third-order valence-electron chi connectivity index (χ3n) is 4.94. The molecular weight excluding hydrogens is 376 g/mol. The number of para-hydroxylation sites is 1. The Morgan fingerprint density at radius 1 is 1.17 bits per heavy atom. The van der Waals surface area contributed by atoms with Crippen LogP contribution < -0.4 is 5.32 Å². The van der Waals surface area contributed by atoms with Gasteiger partial charge in [-0.25, -0.2) is 4.79 Å². The van der Waals surface area contributed by atoms with Crippen molar-refractivity contribution < 1.29 is 14.6 Å². The molecule has 3 aromatic rings. The van der Waals surface area contributed by atoms with Crippen molar-refractivity contribution in [2.75, 3.05) is 13.2 Å². The van der Waals surface area contributed by atoms with E-state index in [1.54, 1.807) is 4.57 Å². The molecule has 3 rings (SSSR count). The molecule has 5 heteroatoms. The second kappa shape index (κ2) is 9.28. The van der Waals surface area contributed by atoms with Crippen LogP contribution >= 0.6 is 0 Å². The van der Waals surface area contributed by atoms with Gasteiger partial charge in [0.1, 0.15) is 5.60 Å². The first-order chi connectivity index (χ1) is 14.4. The van der Waals surface area contributed by atoms with Crippen LogP contribution in [-0.4, -0.2) is 34.5 Å². The first kappa shape index (κ1) is 21.8. The van der Waals surface area contributed by atoms with Crippen molar-refractivity contribution in [2.45, 2.75) is 38.3 Å². The summed E-state index contributed by atoms with van der Waals surface area (Å²) in [5.74, 6) is -0.118. The van der Waals surface area contributed by atoms with Gasteiger partial charge in [-0.15, -0.1) is 6.58 Å². The van der Waals surface area contributed by atoms with Gasteiger partial charge in [0.25, 0.3) is 0 Å². The van der Waals surface area contributed by atoms with Crippen LogP contribution in [0.3, 0.4) is 0 Å². The van der Waals surface area contributed by atoms with Crippen LogP contribution in [0.2, 0.25) is 0 Å². The topological polar surface area (TPSA) is 63.5 Å². The monoisotopic (exact) mass is 406 g/mol. The maximum Gasteiger partial charge on any atom is 0.419 e. The molecule has 0 radical (unpaired) electrons. The Morgan fingerprint density at radius 3 is 2.47 bits per heavy atom. The van der Waals surface area contributed by atoms with Gasteiger partial charge in [-0.1, -0.05) is 54.6 Å². The van der Waals surface area contributed by atoms with Crippen LogP contribution in [0.15, 0.2) is 73.4 Å². The van der Waals surface area contributed by atoms with Crippen molar-refractivity contribution in [3.8, 4) is 0 Å². The summed E-state index contributed by atoms with van der Waals surface area (Å²) in [4.78, 5) is 12.9. The van der Waals surface area contributed by atoms with E-state index in [9.17, 15) is 9.90 Å². The Labute approximate surface area is 178 Å². The van der Waals surface area contributed by atoms with Gasteiger partial charge in [0.05, 0.1) is 12.1 Å². The maximum atomic E-state index is 12.9. The average molecular weight is 407 g/mol. The second-order valence-electron chi connectivity index (χ2n) is 8.28. The van der Waals surface area contributed by atoms with Crippen molar-refractivity contribution in [3.63, 3.8) is 0 Å². The molecule has 2 aromatic carbocycles. The second-order valence-corrected chi connectivity index (χ2v) is 8.28. The zero-order valence-corrected chi connectivity index (χ0v) is 17.8. The van der Waals surface area contributed by atoms with Crippen molar-refractivity contribution >= 4 is 17.0 Å². The number of benzene rings is 2. The fourth-order valence-electron chi connectivity index (χ4n) is 3.71. The van der Waals surface area contributed by atoms with Crippen molar-refractivity contribution in [3.05, 3.63) is 84.6 Å². The molecule has 30 heavy (non-hydrogen) atoms. The minimum atomic E-state index is -0.588. The highest BCUT2D eigenvalue weighted by Gasteiger charge is 2.27. The van der Waals surface area contributed by atoms with E-state index in [1.165, 1.54) is 0 Å². The normalized spacial score (nSPS) is 13.7. The summed E-state index contributed by atoms with van der Waals surface area (Å²) in [6.45, 7) is 10.1. The van der Waals surface area contributed by atoms with Crippen molar-refractivity contribution in [1.82, 2.24) is 9.88 Å². The first-order valence-corrected chi connectivity index (χ1v) is 10.2. The smallest absolute Gasteiger partial charge is 0.419 e. The lowest BCUT2D eigenvalue weighted by Gasteiger charge is -2.26. The van der Waals surface area contributed by atoms with Crippen LogP contribution in [0.25, 0.3) is 10.9 Å². The molecule has 0 saturated carbocycles. The number of rotatable bonds is 7. The summed E-state index contributed by atoms with van der Waals surface area (Å²) in [5, 5.41) is 13.8. The predicted octanol–water partition coefficient (Wildman–Crippen LogP) is 5.02. The van der Waals surface area contributed by atoms with E-state index >= 15 is 0 Å². The maximum absolute atomic E-state index is 12.9. The van der Waals surface area contributed by atoms with E-state index in [-0.39, 0.29) is 18.6 Å². The van der Waals surface area contributed by atoms with Crippen LogP contribution in [-0.2, 0) is 4.74 Å². The van der Waals surface area contributed by atoms with Crippen molar-refractivity contribution in [2.24, 2.45) is 0 Å². The number of hydrogen-bond acceptors (Lipinski definition) is 4. The highest BCUT2D eigenvalue weighted by molar-refractivity contribution is 5.92. The molecule has 0 spiro atoms. The van der Waals surface area contributed by atoms with E-state index in [1.807, 2.05) is 75.5 Å². The summed E-state index contributed by atoms with van der Waals surface area (Å²) < 4.78 is 7.19. The average Bonchev–Trinajstić information content (AvgIpc) is 3.10. The molecule has 0 saturated heterocycles. The predicted molar refractivity (Wildman–Crippen MR) is 121 cm³/mol. The highest BCUT2D eigenvalue weighted by atomic mass is 16.6. The molecule has 0 aliphatic heterocycles. The summed E-state index contributed by atoms with van der Waals surface area (Å²) >= 11 is 0. The quantitative estimate of drug-likeness (QED) is 0.541. The van der Waals surface area contributed by atoms with Gasteiger partial charge in [0, 0.05) is 30.1 Å². The molecule has 2 N–H and O–H groups in total. The molecule has 0 aliphatic carbocycles. The van der Waals surface area contributed by atoms with Crippen LogP contribution in [0, 0.1) is 0 Å². The van der Waals surface area contributed by atoms with Gasteiger partial charge >= 0.3 is 6.09 Å². The molecule has 0 bridgehead atoms. The van der Waals surface area contributed by atoms with E-state index < -0.39 is 11.7 Å². The Balaban J connectivity index is 2.10. The lowest BCUT2D eigenvalue weighted by molar-refractivity contribution is 0.0544. The van der Waals surface area contributed by atoms with E-state index in [0.29, 0.717) is 6.54 Å². The summed E-state index contributed by atoms with van der Waals surface area (Å²) in [7, 11) is 0. The third-order valence-corrected chi connectivity index (χ3v) is 4.94. The number of fused-ring (bicyclic) bond motifs is 1. The number of nitrogens with one attached hydrogen (secondary N) is 1. The number of aromatic nitrogens is 1. The molecule has 1 aromatic heterocycles. The minimum absolute atomic E-state index is 0.0346. The van der Waals surface area contributed by atoms with Gasteiger partial charge in [-0.05, 0) is 38.0 Å². The van der Waals surface area contributed by atoms with E-state index in [2.05, 4.69) is 24.0 Å². The Kier molecular flexibility index (Phi) is 6.75. The minimum Gasteiger partial charge on any atom is -0.443 e. The molecular formula is C25H30N2O3. The molecule has 2 atom stereocenters. The molecule has 1 heterocycles. The fraction of sp³-hybridized carbons (Fsp3) is 0.320. The number of carbonyl (C=O) groups excluding carboxylic acids is 1. The number of aliphatic hydroxyl groups excluding tert-OH is 1. The SMILES string of the molecule is C=CC(c1cn(C(=O)OC(C)(C)C)c2ccccc12)C(NCCO)c1ccccc1. The molecule has 5 nitrogen and oxygen atoms in total. The lowest BCUT2D eigenvalue weighted by Crippen LogP contribution is -2.29. The zero-order chi connectivity index (χ0) is 21.7. The largest absolute Gasteiger partial charge is 0.443 e. The Morgan fingerprint density at radius 2 is 1.83 bits per heavy atom. The third kappa shape index (κ3) is 4.81. The van der Waals surface area contributed by atoms with Gasteiger partial charge in [-0.3, -0.25) is 4.57 Å². The zero-order valence-electron chi connectivity index (χ0n) is 17.8. The molecule has 158 valence electrons. The van der Waals surface area contributed by atoms with Gasteiger partial charge in [0.15, 0.2) is 0 Å². The van der Waals surface area contributed by atoms with E-state index in [4.69, 9.17) is 4.74 Å². The number of nitrogens with zero attached hydrogens (tertiary/aromatic N) is 1. The molecule has 2 unspecified atom stereocenters. The van der Waals surface area contributed by atoms with E-state index in [0.717, 1.165) is 22.0 Å². The van der Waals surface area contributed by atoms with Crippen molar-refractivity contribution in [1.29, 1.82) is 0 Å². The molecule has 0 aliphatic rings. The summed E-state index contributed by atoms with van der Waals surface area (Å²) in [6.07, 6.45) is 3.33. The number of carbonyl (C=O) groups is 1. The van der Waals surface area contributed by atoms with Gasteiger partial charge < -0.3 is 15.2 Å². The highest BCUT2D eigenvalue weighted by Crippen LogP contribution is 2.37. The number of aliphatic hydroxyl groups is 1. The molecule has 0 fully saturated rings. The first-order valence-electron chi connectivity index (χ1n) is 10.2. The van der Waals surface area contributed by atoms with Gasteiger partial charge in [-0.2, -0.15) is 0 Å².